The highest BCUT2D eigenvalue weighted by Gasteiger charge is 2.21. The van der Waals surface area contributed by atoms with Crippen LogP contribution in [0.3, 0.4) is 0 Å². The number of nitrogens with one attached hydrogen (secondary N) is 1. The second-order valence-corrected chi connectivity index (χ2v) is 8.38. The molecule has 0 heterocycles. The van der Waals surface area contributed by atoms with Gasteiger partial charge in [-0.3, -0.25) is 9.10 Å². The summed E-state index contributed by atoms with van der Waals surface area (Å²) in [6.45, 7) is 3.38. The van der Waals surface area contributed by atoms with Crippen molar-refractivity contribution in [2.45, 2.75) is 13.8 Å². The van der Waals surface area contributed by atoms with Crippen molar-refractivity contribution in [3.05, 3.63) is 58.6 Å². The van der Waals surface area contributed by atoms with Gasteiger partial charge in [0.2, 0.25) is 15.9 Å². The minimum Gasteiger partial charge on any atom is -0.462 e. The Morgan fingerprint density at radius 3 is 2.32 bits per heavy atom. The van der Waals surface area contributed by atoms with Gasteiger partial charge in [0.1, 0.15) is 6.54 Å². The van der Waals surface area contributed by atoms with Gasteiger partial charge in [0.15, 0.2) is 0 Å². The van der Waals surface area contributed by atoms with Crippen molar-refractivity contribution >= 4 is 44.9 Å². The Morgan fingerprint density at radius 2 is 1.79 bits per heavy atom. The summed E-state index contributed by atoms with van der Waals surface area (Å²) in [6, 6.07) is 11.1. The standard InChI is InChI=1S/C19H21ClN2O5S/c1-4-27-19(24)16-10-7-14(11-17(16)20)21-18(23)12-22(28(3,25)26)15-8-5-13(2)6-9-15/h5-11H,4,12H2,1-3H3,(H,21,23). The number of hydrogen-bond acceptors (Lipinski definition) is 5. The Labute approximate surface area is 169 Å². The van der Waals surface area contributed by atoms with Crippen molar-refractivity contribution in [3.63, 3.8) is 0 Å². The minimum atomic E-state index is -3.67. The second kappa shape index (κ2) is 9.07. The Bertz CT molecular complexity index is 974. The summed E-state index contributed by atoms with van der Waals surface area (Å²) in [7, 11) is -3.67. The molecule has 0 aliphatic heterocycles. The van der Waals surface area contributed by atoms with Gasteiger partial charge in [-0.15, -0.1) is 0 Å². The lowest BCUT2D eigenvalue weighted by atomic mass is 10.2. The highest BCUT2D eigenvalue weighted by molar-refractivity contribution is 7.92. The van der Waals surface area contributed by atoms with Gasteiger partial charge in [0, 0.05) is 5.69 Å². The van der Waals surface area contributed by atoms with E-state index in [9.17, 15) is 18.0 Å². The van der Waals surface area contributed by atoms with E-state index in [0.29, 0.717) is 11.4 Å². The molecule has 1 amide bonds. The van der Waals surface area contributed by atoms with Crippen LogP contribution in [0.1, 0.15) is 22.8 Å². The highest BCUT2D eigenvalue weighted by atomic mass is 35.5. The van der Waals surface area contributed by atoms with E-state index in [1.807, 2.05) is 6.92 Å². The number of sulfonamides is 1. The molecule has 0 saturated heterocycles. The average molecular weight is 425 g/mol. The zero-order valence-corrected chi connectivity index (χ0v) is 17.3. The smallest absolute Gasteiger partial charge is 0.339 e. The number of hydrogen-bond donors (Lipinski definition) is 1. The van der Waals surface area contributed by atoms with Gasteiger partial charge in [0.25, 0.3) is 0 Å². The van der Waals surface area contributed by atoms with Crippen LogP contribution >= 0.6 is 11.6 Å². The maximum atomic E-state index is 12.4. The largest absolute Gasteiger partial charge is 0.462 e. The monoisotopic (exact) mass is 424 g/mol. The van der Waals surface area contributed by atoms with E-state index in [-0.39, 0.29) is 17.2 Å². The number of ether oxygens (including phenoxy) is 1. The van der Waals surface area contributed by atoms with Crippen molar-refractivity contribution in [1.29, 1.82) is 0 Å². The molecule has 0 aliphatic rings. The third-order valence-corrected chi connectivity index (χ3v) is 5.21. The Hall–Kier alpha value is -2.58. The van der Waals surface area contributed by atoms with Crippen LogP contribution in [-0.4, -0.2) is 39.7 Å². The summed E-state index contributed by atoms with van der Waals surface area (Å²) in [5.41, 5.74) is 1.87. The maximum Gasteiger partial charge on any atom is 0.339 e. The summed E-state index contributed by atoms with van der Waals surface area (Å²) in [6.07, 6.45) is 1.03. The summed E-state index contributed by atoms with van der Waals surface area (Å²) >= 11 is 6.07. The van der Waals surface area contributed by atoms with Gasteiger partial charge in [-0.25, -0.2) is 13.2 Å². The number of halogens is 1. The molecule has 0 spiro atoms. The van der Waals surface area contributed by atoms with E-state index in [4.69, 9.17) is 16.3 Å². The van der Waals surface area contributed by atoms with Gasteiger partial charge in [-0.05, 0) is 44.2 Å². The van der Waals surface area contributed by atoms with Gasteiger partial charge in [-0.2, -0.15) is 0 Å². The lowest BCUT2D eigenvalue weighted by Crippen LogP contribution is -2.37. The number of amides is 1. The molecule has 0 aromatic heterocycles. The zero-order valence-electron chi connectivity index (χ0n) is 15.7. The second-order valence-electron chi connectivity index (χ2n) is 6.07. The number of aryl methyl sites for hydroxylation is 1. The lowest BCUT2D eigenvalue weighted by molar-refractivity contribution is -0.114. The van der Waals surface area contributed by atoms with Crippen molar-refractivity contribution < 1.29 is 22.7 Å². The van der Waals surface area contributed by atoms with Crippen LogP contribution in [0.5, 0.6) is 0 Å². The van der Waals surface area contributed by atoms with Crippen LogP contribution in [0.2, 0.25) is 5.02 Å². The molecule has 0 radical (unpaired) electrons. The van der Waals surface area contributed by atoms with Crippen LogP contribution in [0.4, 0.5) is 11.4 Å². The van der Waals surface area contributed by atoms with Crippen molar-refractivity contribution in [3.8, 4) is 0 Å². The molecule has 2 rings (SSSR count). The normalized spacial score (nSPS) is 11.0. The molecular weight excluding hydrogens is 404 g/mol. The fraction of sp³-hybridized carbons (Fsp3) is 0.263. The van der Waals surface area contributed by atoms with Gasteiger partial charge in [-0.1, -0.05) is 29.3 Å². The molecule has 7 nitrogen and oxygen atoms in total. The minimum absolute atomic E-state index is 0.120. The van der Waals surface area contributed by atoms with E-state index < -0.39 is 28.4 Å². The van der Waals surface area contributed by atoms with E-state index in [1.54, 1.807) is 31.2 Å². The maximum absolute atomic E-state index is 12.4. The molecule has 0 fully saturated rings. The Morgan fingerprint density at radius 1 is 1.14 bits per heavy atom. The molecular formula is C19H21ClN2O5S. The Kier molecular flexibility index (Phi) is 7.04. The van der Waals surface area contributed by atoms with Gasteiger partial charge < -0.3 is 10.1 Å². The molecule has 2 aromatic carbocycles. The third kappa shape index (κ3) is 5.71. The number of rotatable bonds is 7. The molecule has 0 atom stereocenters. The topological polar surface area (TPSA) is 92.8 Å². The number of anilines is 2. The van der Waals surface area contributed by atoms with Crippen molar-refractivity contribution in [1.82, 2.24) is 0 Å². The highest BCUT2D eigenvalue weighted by Crippen LogP contribution is 2.23. The first-order valence-electron chi connectivity index (χ1n) is 8.42. The van der Waals surface area contributed by atoms with E-state index in [2.05, 4.69) is 5.32 Å². The number of nitrogens with zero attached hydrogens (tertiary/aromatic N) is 1. The van der Waals surface area contributed by atoms with Gasteiger partial charge in [0.05, 0.1) is 29.1 Å². The molecule has 0 saturated carbocycles. The van der Waals surface area contributed by atoms with E-state index in [0.717, 1.165) is 16.1 Å². The van der Waals surface area contributed by atoms with Crippen molar-refractivity contribution in [2.75, 3.05) is 29.0 Å². The molecule has 0 bridgehead atoms. The average Bonchev–Trinajstić information content (AvgIpc) is 2.60. The van der Waals surface area contributed by atoms with Gasteiger partial charge >= 0.3 is 5.97 Å². The first-order chi connectivity index (χ1) is 13.1. The number of esters is 1. The molecule has 0 aliphatic carbocycles. The molecule has 0 unspecified atom stereocenters. The number of carbonyl (C=O) groups excluding carboxylic acids is 2. The predicted octanol–water partition coefficient (Wildman–Crippen LogP) is 3.23. The first kappa shape index (κ1) is 21.7. The molecule has 1 N–H and O–H groups in total. The quantitative estimate of drug-likeness (QED) is 0.689. The van der Waals surface area contributed by atoms with Crippen molar-refractivity contribution in [2.24, 2.45) is 0 Å². The lowest BCUT2D eigenvalue weighted by Gasteiger charge is -2.22. The van der Waals surface area contributed by atoms with E-state index >= 15 is 0 Å². The number of carbonyl (C=O) groups is 2. The van der Waals surface area contributed by atoms with Crippen LogP contribution < -0.4 is 9.62 Å². The molecule has 2 aromatic rings. The first-order valence-corrected chi connectivity index (χ1v) is 10.7. The summed E-state index contributed by atoms with van der Waals surface area (Å²) < 4.78 is 30.1. The molecule has 9 heteroatoms. The van der Waals surface area contributed by atoms with Crippen LogP contribution in [-0.2, 0) is 19.6 Å². The summed E-state index contributed by atoms with van der Waals surface area (Å²) in [5, 5.41) is 2.70. The zero-order chi connectivity index (χ0) is 20.9. The van der Waals surface area contributed by atoms with Crippen LogP contribution in [0, 0.1) is 6.92 Å². The predicted molar refractivity (Wildman–Crippen MR) is 109 cm³/mol. The summed E-state index contributed by atoms with van der Waals surface area (Å²) in [5.74, 6) is -1.11. The molecule has 28 heavy (non-hydrogen) atoms. The number of benzene rings is 2. The Balaban J connectivity index is 2.16. The third-order valence-electron chi connectivity index (χ3n) is 3.76. The van der Waals surface area contributed by atoms with Crippen LogP contribution in [0.15, 0.2) is 42.5 Å². The fourth-order valence-corrected chi connectivity index (χ4v) is 3.52. The SMILES string of the molecule is CCOC(=O)c1ccc(NC(=O)CN(c2ccc(C)cc2)S(C)(=O)=O)cc1Cl. The van der Waals surface area contributed by atoms with E-state index in [1.165, 1.54) is 18.2 Å². The van der Waals surface area contributed by atoms with Crippen LogP contribution in [0.25, 0.3) is 0 Å². The fourth-order valence-electron chi connectivity index (χ4n) is 2.41. The molecule has 150 valence electrons. The summed E-state index contributed by atoms with van der Waals surface area (Å²) in [4.78, 5) is 24.2.